The average Bonchev–Trinajstić information content (AvgIpc) is 2.33. The van der Waals surface area contributed by atoms with Gasteiger partial charge in [-0.3, -0.25) is 4.79 Å². The lowest BCUT2D eigenvalue weighted by Gasteiger charge is -2.20. The van der Waals surface area contributed by atoms with Crippen molar-refractivity contribution in [3.63, 3.8) is 0 Å². The van der Waals surface area contributed by atoms with E-state index in [-0.39, 0.29) is 18.2 Å². The van der Waals surface area contributed by atoms with Crippen LogP contribution >= 0.6 is 0 Å². The molecule has 5 heteroatoms. The Morgan fingerprint density at radius 1 is 1.32 bits per heavy atom. The summed E-state index contributed by atoms with van der Waals surface area (Å²) < 4.78 is 18.9. The van der Waals surface area contributed by atoms with Gasteiger partial charge in [-0.2, -0.15) is 0 Å². The number of rotatable bonds is 6. The Kier molecular flexibility index (Phi) is 5.69. The molecule has 0 radical (unpaired) electrons. The Morgan fingerprint density at radius 2 is 1.95 bits per heavy atom. The van der Waals surface area contributed by atoms with Crippen molar-refractivity contribution in [2.45, 2.75) is 25.7 Å². The van der Waals surface area contributed by atoms with E-state index in [0.29, 0.717) is 6.61 Å². The normalized spacial score (nSPS) is 11.4. The summed E-state index contributed by atoms with van der Waals surface area (Å²) in [6.07, 6.45) is 0. The van der Waals surface area contributed by atoms with E-state index in [0.717, 1.165) is 6.04 Å². The van der Waals surface area contributed by atoms with E-state index < -0.39 is 13.9 Å². The third-order valence-corrected chi connectivity index (χ3v) is 4.44. The van der Waals surface area contributed by atoms with Crippen LogP contribution in [0.1, 0.15) is 10.4 Å². The zero-order chi connectivity index (χ0) is 14.5. The van der Waals surface area contributed by atoms with E-state index in [4.69, 9.17) is 4.74 Å². The van der Waals surface area contributed by atoms with Crippen molar-refractivity contribution >= 4 is 14.0 Å². The Bertz CT molecular complexity index is 432. The monoisotopic (exact) mass is 283 g/mol. The van der Waals surface area contributed by atoms with Crippen molar-refractivity contribution in [3.8, 4) is 0 Å². The molecule has 1 aromatic carbocycles. The van der Waals surface area contributed by atoms with Gasteiger partial charge in [0, 0.05) is 21.7 Å². The number of nitrogens with zero attached hydrogens (tertiary/aromatic N) is 1. The maximum Gasteiger partial charge on any atom is 0.258 e. The summed E-state index contributed by atoms with van der Waals surface area (Å²) in [5.41, 5.74) is 0.0822. The Morgan fingerprint density at radius 3 is 2.53 bits per heavy atom. The summed E-state index contributed by atoms with van der Waals surface area (Å²) in [6, 6.07) is 7.03. The minimum Gasteiger partial charge on any atom is -0.361 e. The van der Waals surface area contributed by atoms with Crippen molar-refractivity contribution in [2.75, 3.05) is 20.4 Å². The predicted molar refractivity (Wildman–Crippen MR) is 77.5 cm³/mol. The van der Waals surface area contributed by atoms with Crippen LogP contribution in [0.15, 0.2) is 24.3 Å². The molecule has 0 aliphatic carbocycles. The summed E-state index contributed by atoms with van der Waals surface area (Å²) in [5, 5.41) is 0. The molecule has 0 aliphatic rings. The molecule has 0 unspecified atom stereocenters. The molecular weight excluding hydrogens is 261 g/mol. The molecule has 0 N–H and O–H groups in total. The van der Waals surface area contributed by atoms with Crippen LogP contribution in [0.3, 0.4) is 0 Å². The Labute approximate surface area is 115 Å². The highest BCUT2D eigenvalue weighted by Crippen LogP contribution is 2.10. The van der Waals surface area contributed by atoms with Crippen molar-refractivity contribution in [2.24, 2.45) is 0 Å². The number of hydrogen-bond acceptors (Lipinski definition) is 2. The van der Waals surface area contributed by atoms with Crippen molar-refractivity contribution in [1.82, 2.24) is 4.90 Å². The molecule has 0 saturated carbocycles. The minimum absolute atomic E-state index is 0.0822. The average molecular weight is 283 g/mol. The highest BCUT2D eigenvalue weighted by atomic mass is 28.3. The van der Waals surface area contributed by atoms with Gasteiger partial charge >= 0.3 is 0 Å². The SMILES string of the molecule is CN(COCC[Si](C)(C)C)C(=O)c1ccccc1F. The Balaban J connectivity index is 2.44. The summed E-state index contributed by atoms with van der Waals surface area (Å²) in [5.74, 6) is -0.854. The molecule has 0 atom stereocenters. The van der Waals surface area contributed by atoms with Gasteiger partial charge in [0.15, 0.2) is 0 Å². The minimum atomic E-state index is -1.12. The number of carbonyl (C=O) groups is 1. The molecule has 0 aliphatic heterocycles. The molecule has 106 valence electrons. The molecule has 19 heavy (non-hydrogen) atoms. The lowest BCUT2D eigenvalue weighted by molar-refractivity contribution is 0.0372. The smallest absolute Gasteiger partial charge is 0.258 e. The number of benzene rings is 1. The third kappa shape index (κ3) is 5.53. The van der Waals surface area contributed by atoms with Crippen molar-refractivity contribution in [1.29, 1.82) is 0 Å². The van der Waals surface area contributed by atoms with Crippen LogP contribution in [-0.2, 0) is 4.74 Å². The van der Waals surface area contributed by atoms with Gasteiger partial charge in [-0.05, 0) is 18.2 Å². The molecule has 1 amide bonds. The van der Waals surface area contributed by atoms with Crippen LogP contribution in [-0.4, -0.2) is 39.3 Å². The number of halogens is 1. The van der Waals surface area contributed by atoms with Crippen LogP contribution in [0.5, 0.6) is 0 Å². The number of carbonyl (C=O) groups excluding carboxylic acids is 1. The maximum atomic E-state index is 13.5. The molecule has 3 nitrogen and oxygen atoms in total. The van der Waals surface area contributed by atoms with E-state index in [9.17, 15) is 9.18 Å². The first-order chi connectivity index (χ1) is 8.81. The zero-order valence-electron chi connectivity index (χ0n) is 12.1. The fraction of sp³-hybridized carbons (Fsp3) is 0.500. The number of hydrogen-bond donors (Lipinski definition) is 0. The van der Waals surface area contributed by atoms with Gasteiger partial charge in [0.05, 0.1) is 5.56 Å². The highest BCUT2D eigenvalue weighted by molar-refractivity contribution is 6.76. The van der Waals surface area contributed by atoms with Gasteiger partial charge in [-0.1, -0.05) is 31.8 Å². The first kappa shape index (κ1) is 15.9. The second kappa shape index (κ2) is 6.82. The first-order valence-corrected chi connectivity index (χ1v) is 10.1. The fourth-order valence-electron chi connectivity index (χ4n) is 1.48. The third-order valence-electron chi connectivity index (χ3n) is 2.73. The molecule has 0 fully saturated rings. The van der Waals surface area contributed by atoms with Crippen LogP contribution in [0, 0.1) is 5.82 Å². The van der Waals surface area contributed by atoms with E-state index in [1.165, 1.54) is 17.0 Å². The van der Waals surface area contributed by atoms with Gasteiger partial charge in [0.2, 0.25) is 0 Å². The van der Waals surface area contributed by atoms with Crippen molar-refractivity contribution in [3.05, 3.63) is 35.6 Å². The molecule has 1 aromatic rings. The number of amides is 1. The van der Waals surface area contributed by atoms with Gasteiger partial charge in [0.25, 0.3) is 5.91 Å². The standard InChI is InChI=1S/C14H22FNO2Si/c1-16(11-18-9-10-19(2,3)4)14(17)12-7-5-6-8-13(12)15/h5-8H,9-11H2,1-4H3. The second-order valence-electron chi connectivity index (χ2n) is 5.83. The van der Waals surface area contributed by atoms with E-state index in [2.05, 4.69) is 19.6 Å². The molecule has 0 heterocycles. The summed E-state index contributed by atoms with van der Waals surface area (Å²) in [6.45, 7) is 7.64. The quantitative estimate of drug-likeness (QED) is 0.456. The second-order valence-corrected chi connectivity index (χ2v) is 11.5. The first-order valence-electron chi connectivity index (χ1n) is 6.39. The number of ether oxygens (including phenoxy) is 1. The molecule has 0 spiro atoms. The molecular formula is C14H22FNO2Si. The molecule has 0 bridgehead atoms. The van der Waals surface area contributed by atoms with E-state index >= 15 is 0 Å². The van der Waals surface area contributed by atoms with Crippen LogP contribution in [0.2, 0.25) is 25.7 Å². The Hall–Kier alpha value is -1.20. The van der Waals surface area contributed by atoms with Gasteiger partial charge < -0.3 is 9.64 Å². The molecule has 0 saturated heterocycles. The van der Waals surface area contributed by atoms with Crippen LogP contribution < -0.4 is 0 Å². The topological polar surface area (TPSA) is 29.5 Å². The van der Waals surface area contributed by atoms with Gasteiger partial charge in [0.1, 0.15) is 12.5 Å². The van der Waals surface area contributed by atoms with Gasteiger partial charge in [-0.15, -0.1) is 0 Å². The summed E-state index contributed by atoms with van der Waals surface area (Å²) in [7, 11) is 0.497. The summed E-state index contributed by atoms with van der Waals surface area (Å²) in [4.78, 5) is 13.4. The van der Waals surface area contributed by atoms with Crippen LogP contribution in [0.25, 0.3) is 0 Å². The van der Waals surface area contributed by atoms with Gasteiger partial charge in [-0.25, -0.2) is 4.39 Å². The van der Waals surface area contributed by atoms with Crippen LogP contribution in [0.4, 0.5) is 4.39 Å². The molecule has 1 rings (SSSR count). The predicted octanol–water partition coefficient (Wildman–Crippen LogP) is 3.21. The molecule has 0 aromatic heterocycles. The lowest BCUT2D eigenvalue weighted by atomic mass is 10.2. The lowest BCUT2D eigenvalue weighted by Crippen LogP contribution is -2.31. The fourth-order valence-corrected chi connectivity index (χ4v) is 2.24. The largest absolute Gasteiger partial charge is 0.361 e. The van der Waals surface area contributed by atoms with E-state index in [1.54, 1.807) is 19.2 Å². The highest BCUT2D eigenvalue weighted by Gasteiger charge is 2.16. The van der Waals surface area contributed by atoms with Crippen molar-refractivity contribution < 1.29 is 13.9 Å². The summed E-state index contributed by atoms with van der Waals surface area (Å²) >= 11 is 0. The van der Waals surface area contributed by atoms with E-state index in [1.807, 2.05) is 0 Å². The zero-order valence-corrected chi connectivity index (χ0v) is 13.1. The maximum absolute atomic E-state index is 13.5.